The van der Waals surface area contributed by atoms with Gasteiger partial charge in [0.2, 0.25) is 5.91 Å². The smallest absolute Gasteiger partial charge is 0.407 e. The van der Waals surface area contributed by atoms with Gasteiger partial charge >= 0.3 is 12.1 Å². The first-order valence-electron chi connectivity index (χ1n) is 13.7. The van der Waals surface area contributed by atoms with E-state index in [9.17, 15) is 19.5 Å². The van der Waals surface area contributed by atoms with E-state index < -0.39 is 12.1 Å². The Morgan fingerprint density at radius 2 is 1.51 bits per heavy atom. The van der Waals surface area contributed by atoms with Crippen LogP contribution in [0, 0.1) is 5.92 Å². The monoisotopic (exact) mass is 526 g/mol. The van der Waals surface area contributed by atoms with Crippen molar-refractivity contribution in [2.24, 2.45) is 5.92 Å². The third kappa shape index (κ3) is 6.30. The molecule has 7 heteroatoms. The minimum atomic E-state index is -0.931. The Morgan fingerprint density at radius 1 is 0.872 bits per heavy atom. The van der Waals surface area contributed by atoms with Crippen LogP contribution >= 0.6 is 0 Å². The van der Waals surface area contributed by atoms with Gasteiger partial charge < -0.3 is 20.1 Å². The van der Waals surface area contributed by atoms with Gasteiger partial charge in [-0.1, -0.05) is 85.3 Å². The van der Waals surface area contributed by atoms with Gasteiger partial charge in [-0.3, -0.25) is 9.59 Å². The van der Waals surface area contributed by atoms with Crippen LogP contribution in [0.1, 0.15) is 54.7 Å². The molecule has 2 aliphatic rings. The molecule has 0 aromatic heterocycles. The third-order valence-electron chi connectivity index (χ3n) is 7.81. The number of carboxylic acid groups (broad SMARTS) is 1. The number of benzene rings is 3. The zero-order valence-corrected chi connectivity index (χ0v) is 21.9. The van der Waals surface area contributed by atoms with E-state index in [2.05, 4.69) is 29.6 Å². The van der Waals surface area contributed by atoms with Gasteiger partial charge in [0.05, 0.1) is 6.42 Å². The standard InChI is InChI=1S/C32H34N2O5/c35-30(36)17-18-34(20-22-9-2-1-3-10-22)31(37)23-11-8-12-24(19-23)33-32(38)39-21-29-27-15-6-4-13-25(27)26-14-5-7-16-28(26)29/h1-7,9-10,13-16,23-24,29H,8,11-12,17-21H2,(H,33,38)(H,35,36). The number of ether oxygens (including phenoxy) is 1. The Kier molecular flexibility index (Phi) is 8.25. The quantitative estimate of drug-likeness (QED) is 0.379. The average Bonchev–Trinajstić information content (AvgIpc) is 3.28. The fourth-order valence-electron chi connectivity index (χ4n) is 5.91. The van der Waals surface area contributed by atoms with E-state index >= 15 is 0 Å². The van der Waals surface area contributed by atoms with Crippen LogP contribution in [0.15, 0.2) is 78.9 Å². The molecular weight excluding hydrogens is 492 g/mol. The number of amides is 2. The molecule has 1 fully saturated rings. The Morgan fingerprint density at radius 3 is 2.18 bits per heavy atom. The van der Waals surface area contributed by atoms with Crippen molar-refractivity contribution in [2.45, 2.75) is 50.6 Å². The summed E-state index contributed by atoms with van der Waals surface area (Å²) in [6, 6.07) is 25.9. The molecule has 1 saturated carbocycles. The van der Waals surface area contributed by atoms with E-state index in [1.165, 1.54) is 11.1 Å². The van der Waals surface area contributed by atoms with Gasteiger partial charge in [-0.15, -0.1) is 0 Å². The summed E-state index contributed by atoms with van der Waals surface area (Å²) in [7, 11) is 0. The summed E-state index contributed by atoms with van der Waals surface area (Å²) in [5.41, 5.74) is 5.64. The van der Waals surface area contributed by atoms with Gasteiger partial charge in [-0.25, -0.2) is 4.79 Å². The second-order valence-corrected chi connectivity index (χ2v) is 10.4. The van der Waals surface area contributed by atoms with E-state index in [1.807, 2.05) is 54.6 Å². The number of rotatable bonds is 9. The highest BCUT2D eigenvalue weighted by Gasteiger charge is 2.33. The highest BCUT2D eigenvalue weighted by Crippen LogP contribution is 2.44. The fourth-order valence-corrected chi connectivity index (χ4v) is 5.91. The number of carbonyl (C=O) groups is 3. The summed E-state index contributed by atoms with van der Waals surface area (Å²) < 4.78 is 5.72. The van der Waals surface area contributed by atoms with Gasteiger partial charge in [-0.2, -0.15) is 0 Å². The number of nitrogens with zero attached hydrogens (tertiary/aromatic N) is 1. The summed E-state index contributed by atoms with van der Waals surface area (Å²) in [5, 5.41) is 12.2. The van der Waals surface area contributed by atoms with Crippen LogP contribution < -0.4 is 5.32 Å². The molecule has 2 N–H and O–H groups in total. The normalized spacial score (nSPS) is 18.1. The minimum absolute atomic E-state index is 0.00962. The number of carbonyl (C=O) groups excluding carboxylic acids is 2. The molecule has 0 radical (unpaired) electrons. The van der Waals surface area contributed by atoms with Crippen molar-refractivity contribution in [3.63, 3.8) is 0 Å². The first-order chi connectivity index (χ1) is 19.0. The van der Waals surface area contributed by atoms with Crippen molar-refractivity contribution >= 4 is 18.0 Å². The Bertz CT molecular complexity index is 1280. The number of hydrogen-bond acceptors (Lipinski definition) is 4. The molecule has 0 heterocycles. The van der Waals surface area contributed by atoms with Crippen molar-refractivity contribution in [3.8, 4) is 11.1 Å². The average molecular weight is 527 g/mol. The van der Waals surface area contributed by atoms with Crippen LogP contribution in [0.5, 0.6) is 0 Å². The maximum Gasteiger partial charge on any atom is 0.407 e. The van der Waals surface area contributed by atoms with Crippen LogP contribution in [-0.4, -0.2) is 47.2 Å². The number of fused-ring (bicyclic) bond motifs is 3. The van der Waals surface area contributed by atoms with Crippen molar-refractivity contribution in [1.29, 1.82) is 0 Å². The molecule has 0 spiro atoms. The Labute approximate surface area is 228 Å². The van der Waals surface area contributed by atoms with Gasteiger partial charge in [0.15, 0.2) is 0 Å². The van der Waals surface area contributed by atoms with Crippen molar-refractivity contribution in [3.05, 3.63) is 95.6 Å². The number of nitrogens with one attached hydrogen (secondary N) is 1. The molecule has 3 aromatic rings. The first kappa shape index (κ1) is 26.5. The lowest BCUT2D eigenvalue weighted by Crippen LogP contribution is -2.44. The highest BCUT2D eigenvalue weighted by atomic mass is 16.5. The number of aliphatic carboxylic acids is 1. The first-order valence-corrected chi connectivity index (χ1v) is 13.7. The lowest BCUT2D eigenvalue weighted by Gasteiger charge is -2.33. The van der Waals surface area contributed by atoms with E-state index in [1.54, 1.807) is 4.90 Å². The maximum atomic E-state index is 13.5. The molecule has 202 valence electrons. The Hall–Kier alpha value is -4.13. The van der Waals surface area contributed by atoms with Crippen LogP contribution in [0.25, 0.3) is 11.1 Å². The number of carboxylic acids is 1. The summed E-state index contributed by atoms with van der Waals surface area (Å²) in [6.45, 7) is 0.771. The lowest BCUT2D eigenvalue weighted by atomic mass is 9.84. The van der Waals surface area contributed by atoms with Crippen molar-refractivity contribution in [1.82, 2.24) is 10.2 Å². The van der Waals surface area contributed by atoms with E-state index in [-0.39, 0.29) is 43.4 Å². The van der Waals surface area contributed by atoms with Crippen LogP contribution in [-0.2, 0) is 20.9 Å². The molecule has 2 amide bonds. The van der Waals surface area contributed by atoms with Gasteiger partial charge in [-0.05, 0) is 47.1 Å². The molecule has 0 bridgehead atoms. The third-order valence-corrected chi connectivity index (χ3v) is 7.81. The predicted molar refractivity (Wildman–Crippen MR) is 148 cm³/mol. The molecule has 2 unspecified atom stereocenters. The number of hydrogen-bond donors (Lipinski definition) is 2. The molecule has 2 aliphatic carbocycles. The molecular formula is C32H34N2O5. The van der Waals surface area contributed by atoms with Gasteiger partial charge in [0, 0.05) is 31.0 Å². The van der Waals surface area contributed by atoms with Gasteiger partial charge in [0.1, 0.15) is 6.61 Å². The van der Waals surface area contributed by atoms with Crippen LogP contribution in [0.4, 0.5) is 4.79 Å². The van der Waals surface area contributed by atoms with Crippen molar-refractivity contribution in [2.75, 3.05) is 13.2 Å². The van der Waals surface area contributed by atoms with E-state index in [0.717, 1.165) is 36.0 Å². The topological polar surface area (TPSA) is 95.9 Å². The van der Waals surface area contributed by atoms with Crippen LogP contribution in [0.2, 0.25) is 0 Å². The molecule has 2 atom stereocenters. The summed E-state index contributed by atoms with van der Waals surface area (Å²) in [6.07, 6.45) is 2.25. The molecule has 39 heavy (non-hydrogen) atoms. The Balaban J connectivity index is 1.18. The summed E-state index contributed by atoms with van der Waals surface area (Å²) in [4.78, 5) is 39.2. The van der Waals surface area contributed by atoms with Gasteiger partial charge in [0.25, 0.3) is 0 Å². The van der Waals surface area contributed by atoms with Crippen molar-refractivity contribution < 1.29 is 24.2 Å². The zero-order valence-electron chi connectivity index (χ0n) is 21.9. The second-order valence-electron chi connectivity index (χ2n) is 10.4. The summed E-state index contributed by atoms with van der Waals surface area (Å²) >= 11 is 0. The van der Waals surface area contributed by atoms with E-state index in [0.29, 0.717) is 13.0 Å². The minimum Gasteiger partial charge on any atom is -0.481 e. The summed E-state index contributed by atoms with van der Waals surface area (Å²) in [5.74, 6) is -1.27. The van der Waals surface area contributed by atoms with Crippen LogP contribution in [0.3, 0.4) is 0 Å². The molecule has 5 rings (SSSR count). The lowest BCUT2D eigenvalue weighted by molar-refractivity contribution is -0.140. The molecule has 0 aliphatic heterocycles. The zero-order chi connectivity index (χ0) is 27.2. The fraction of sp³-hybridized carbons (Fsp3) is 0.344. The largest absolute Gasteiger partial charge is 0.481 e. The predicted octanol–water partition coefficient (Wildman–Crippen LogP) is 5.59. The molecule has 0 saturated heterocycles. The second kappa shape index (κ2) is 12.2. The van der Waals surface area contributed by atoms with E-state index in [4.69, 9.17) is 4.74 Å². The molecule has 3 aromatic carbocycles. The maximum absolute atomic E-state index is 13.5. The number of alkyl carbamates (subject to hydrolysis) is 1. The SMILES string of the molecule is O=C(O)CCN(Cc1ccccc1)C(=O)C1CCCC(NC(=O)OCC2c3ccccc3-c3ccccc32)C1. The molecule has 7 nitrogen and oxygen atoms in total. The highest BCUT2D eigenvalue weighted by molar-refractivity contribution is 5.80.